The fourth-order valence-corrected chi connectivity index (χ4v) is 2.49. The van der Waals surface area contributed by atoms with Gasteiger partial charge in [0, 0.05) is 16.7 Å². The molecule has 1 fully saturated rings. The van der Waals surface area contributed by atoms with E-state index in [0.717, 1.165) is 11.8 Å². The molecule has 1 aromatic rings. The van der Waals surface area contributed by atoms with E-state index in [0.29, 0.717) is 0 Å². The van der Waals surface area contributed by atoms with E-state index in [1.807, 2.05) is 11.8 Å². The van der Waals surface area contributed by atoms with Gasteiger partial charge in [0.15, 0.2) is 0 Å². The van der Waals surface area contributed by atoms with E-state index in [1.54, 1.807) is 0 Å². The number of hydrogen-bond acceptors (Lipinski definition) is 2. The zero-order valence-electron chi connectivity index (χ0n) is 10.0. The number of rotatable bonds is 5. The molecule has 0 bridgehead atoms. The summed E-state index contributed by atoms with van der Waals surface area (Å²) < 4.78 is 0. The molecular formula is C14H19NS. The lowest BCUT2D eigenvalue weighted by Gasteiger charge is -2.04. The van der Waals surface area contributed by atoms with E-state index >= 15 is 0 Å². The molecule has 0 heterocycles. The molecule has 0 saturated heterocycles. The van der Waals surface area contributed by atoms with E-state index in [2.05, 4.69) is 55.4 Å². The number of nitrogens with zero attached hydrogens (tertiary/aromatic N) is 1. The van der Waals surface area contributed by atoms with Gasteiger partial charge in [-0.1, -0.05) is 24.3 Å². The van der Waals surface area contributed by atoms with Crippen LogP contribution >= 0.6 is 11.8 Å². The summed E-state index contributed by atoms with van der Waals surface area (Å²) in [5, 5.41) is 0.898. The summed E-state index contributed by atoms with van der Waals surface area (Å²) in [5.41, 5.74) is 1.29. The van der Waals surface area contributed by atoms with Gasteiger partial charge in [0.25, 0.3) is 0 Å². The first-order valence-corrected chi connectivity index (χ1v) is 6.70. The predicted molar refractivity (Wildman–Crippen MR) is 72.9 cm³/mol. The van der Waals surface area contributed by atoms with Crippen LogP contribution in [0.4, 0.5) is 0 Å². The minimum absolute atomic E-state index is 0.898. The molecule has 86 valence electrons. The molecular weight excluding hydrogens is 214 g/mol. The van der Waals surface area contributed by atoms with E-state index in [9.17, 15) is 0 Å². The third kappa shape index (κ3) is 4.03. The highest BCUT2D eigenvalue weighted by molar-refractivity contribution is 8.00. The Morgan fingerprint density at radius 3 is 2.50 bits per heavy atom. The van der Waals surface area contributed by atoms with Crippen molar-refractivity contribution in [2.75, 3.05) is 20.6 Å². The molecule has 0 atom stereocenters. The number of thioether (sulfide) groups is 1. The first kappa shape index (κ1) is 11.7. The molecule has 1 aromatic carbocycles. The Labute approximate surface area is 103 Å². The molecule has 1 saturated carbocycles. The maximum atomic E-state index is 2.23. The van der Waals surface area contributed by atoms with Gasteiger partial charge in [-0.05, 0) is 44.6 Å². The van der Waals surface area contributed by atoms with Gasteiger partial charge in [-0.25, -0.2) is 0 Å². The van der Waals surface area contributed by atoms with Gasteiger partial charge in [0.1, 0.15) is 0 Å². The molecule has 0 unspecified atom stereocenters. The average Bonchev–Trinajstić information content (AvgIpc) is 3.04. The first-order valence-electron chi connectivity index (χ1n) is 5.82. The summed E-state index contributed by atoms with van der Waals surface area (Å²) in [6, 6.07) is 8.88. The van der Waals surface area contributed by atoms with Crippen molar-refractivity contribution in [3.63, 3.8) is 0 Å². The Hall–Kier alpha value is -0.730. The maximum Gasteiger partial charge on any atom is 0.0160 e. The highest BCUT2D eigenvalue weighted by Crippen LogP contribution is 2.38. The second-order valence-electron chi connectivity index (χ2n) is 4.55. The Morgan fingerprint density at radius 2 is 1.94 bits per heavy atom. The molecule has 0 radical (unpaired) electrons. The highest BCUT2D eigenvalue weighted by Gasteiger charge is 2.22. The zero-order valence-corrected chi connectivity index (χ0v) is 10.8. The van der Waals surface area contributed by atoms with Gasteiger partial charge in [0.2, 0.25) is 0 Å². The fraction of sp³-hybridized carbons (Fsp3) is 0.429. The fourth-order valence-electron chi connectivity index (χ4n) is 1.44. The van der Waals surface area contributed by atoms with Crippen LogP contribution < -0.4 is 0 Å². The van der Waals surface area contributed by atoms with Crippen molar-refractivity contribution >= 4 is 17.8 Å². The van der Waals surface area contributed by atoms with Crippen molar-refractivity contribution in [3.8, 4) is 0 Å². The summed E-state index contributed by atoms with van der Waals surface area (Å²) >= 11 is 2.01. The van der Waals surface area contributed by atoms with Crippen molar-refractivity contribution < 1.29 is 0 Å². The number of hydrogen-bond donors (Lipinski definition) is 0. The van der Waals surface area contributed by atoms with E-state index in [4.69, 9.17) is 0 Å². The molecule has 0 spiro atoms. The van der Waals surface area contributed by atoms with Crippen LogP contribution in [-0.4, -0.2) is 30.8 Å². The van der Waals surface area contributed by atoms with Crippen molar-refractivity contribution in [2.24, 2.45) is 0 Å². The van der Waals surface area contributed by atoms with Crippen LogP contribution in [0.1, 0.15) is 18.4 Å². The van der Waals surface area contributed by atoms with Crippen LogP contribution in [0.5, 0.6) is 0 Å². The molecule has 0 aliphatic heterocycles. The average molecular weight is 233 g/mol. The van der Waals surface area contributed by atoms with Crippen molar-refractivity contribution in [1.29, 1.82) is 0 Å². The number of likely N-dealkylation sites (N-methyl/N-ethyl adjacent to an activating group) is 1. The molecule has 0 N–H and O–H groups in total. The Kier molecular flexibility index (Phi) is 4.08. The SMILES string of the molecule is CN(C)CC=Cc1ccc(SC2CC2)cc1. The Bertz CT molecular complexity index is 350. The number of benzene rings is 1. The van der Waals surface area contributed by atoms with Crippen molar-refractivity contribution in [3.05, 3.63) is 35.9 Å². The maximum absolute atomic E-state index is 2.23. The molecule has 1 nitrogen and oxygen atoms in total. The van der Waals surface area contributed by atoms with Gasteiger partial charge in [-0.2, -0.15) is 0 Å². The lowest BCUT2D eigenvalue weighted by Crippen LogP contribution is -2.10. The smallest absolute Gasteiger partial charge is 0.0160 e. The largest absolute Gasteiger partial charge is 0.306 e. The minimum atomic E-state index is 0.898. The monoisotopic (exact) mass is 233 g/mol. The molecule has 0 amide bonds. The van der Waals surface area contributed by atoms with E-state index < -0.39 is 0 Å². The van der Waals surface area contributed by atoms with Crippen LogP contribution in [0.3, 0.4) is 0 Å². The van der Waals surface area contributed by atoms with Crippen LogP contribution in [-0.2, 0) is 0 Å². The normalized spacial score (nSPS) is 16.2. The summed E-state index contributed by atoms with van der Waals surface area (Å²) in [6.07, 6.45) is 7.18. The molecule has 16 heavy (non-hydrogen) atoms. The van der Waals surface area contributed by atoms with E-state index in [1.165, 1.54) is 23.3 Å². The summed E-state index contributed by atoms with van der Waals surface area (Å²) in [4.78, 5) is 3.57. The topological polar surface area (TPSA) is 3.24 Å². The molecule has 2 heteroatoms. The van der Waals surface area contributed by atoms with Gasteiger partial charge >= 0.3 is 0 Å². The van der Waals surface area contributed by atoms with Gasteiger partial charge < -0.3 is 4.90 Å². The molecule has 0 aromatic heterocycles. The third-order valence-corrected chi connectivity index (χ3v) is 3.84. The Balaban J connectivity index is 1.87. The summed E-state index contributed by atoms with van der Waals surface area (Å²) in [7, 11) is 4.17. The highest BCUT2D eigenvalue weighted by atomic mass is 32.2. The van der Waals surface area contributed by atoms with Crippen LogP contribution in [0, 0.1) is 0 Å². The third-order valence-electron chi connectivity index (χ3n) is 2.49. The van der Waals surface area contributed by atoms with Crippen molar-refractivity contribution in [2.45, 2.75) is 23.0 Å². The van der Waals surface area contributed by atoms with Crippen LogP contribution in [0.15, 0.2) is 35.2 Å². The standard InChI is InChI=1S/C14H19NS/c1-15(2)11-3-4-12-5-7-13(8-6-12)16-14-9-10-14/h3-8,14H,9-11H2,1-2H3. The quantitative estimate of drug-likeness (QED) is 0.765. The van der Waals surface area contributed by atoms with Crippen LogP contribution in [0.25, 0.3) is 6.08 Å². The van der Waals surface area contributed by atoms with E-state index in [-0.39, 0.29) is 0 Å². The molecule has 1 aliphatic carbocycles. The first-order chi connectivity index (χ1) is 7.74. The molecule has 2 rings (SSSR count). The second-order valence-corrected chi connectivity index (χ2v) is 5.92. The minimum Gasteiger partial charge on any atom is -0.306 e. The summed E-state index contributed by atoms with van der Waals surface area (Å²) in [5.74, 6) is 0. The second kappa shape index (κ2) is 5.55. The molecule has 1 aliphatic rings. The summed E-state index contributed by atoms with van der Waals surface area (Å²) in [6.45, 7) is 0.999. The Morgan fingerprint density at radius 1 is 1.25 bits per heavy atom. The van der Waals surface area contributed by atoms with Crippen molar-refractivity contribution in [1.82, 2.24) is 4.90 Å². The van der Waals surface area contributed by atoms with Crippen LogP contribution in [0.2, 0.25) is 0 Å². The predicted octanol–water partition coefficient (Wildman–Crippen LogP) is 3.52. The lowest BCUT2D eigenvalue weighted by molar-refractivity contribution is 0.457. The van der Waals surface area contributed by atoms with Gasteiger partial charge in [0.05, 0.1) is 0 Å². The van der Waals surface area contributed by atoms with Gasteiger partial charge in [-0.15, -0.1) is 11.8 Å². The lowest BCUT2D eigenvalue weighted by atomic mass is 10.2. The van der Waals surface area contributed by atoms with Gasteiger partial charge in [-0.3, -0.25) is 0 Å². The zero-order chi connectivity index (χ0) is 11.4.